The topological polar surface area (TPSA) is 0 Å². The summed E-state index contributed by atoms with van der Waals surface area (Å²) >= 11 is 0. The van der Waals surface area contributed by atoms with Crippen molar-refractivity contribution in [1.82, 2.24) is 0 Å². The Morgan fingerprint density at radius 2 is 1.93 bits per heavy atom. The van der Waals surface area contributed by atoms with Crippen LogP contribution in [0.4, 0.5) is 0 Å². The third-order valence-electron chi connectivity index (χ3n) is 2.08. The Morgan fingerprint density at radius 3 is 2.36 bits per heavy atom. The van der Waals surface area contributed by atoms with E-state index < -0.39 is 0 Å². The fourth-order valence-corrected chi connectivity index (χ4v) is 1.38. The number of halogens is 2. The molecule has 0 saturated heterocycles. The smallest absolute Gasteiger partial charge is 1.00 e. The average molecular weight is 311 g/mol. The maximum absolute atomic E-state index is 3.39. The van der Waals surface area contributed by atoms with Gasteiger partial charge in [-0.25, -0.2) is 17.7 Å². The Hall–Kier alpha value is 0.943. The second kappa shape index (κ2) is 12.0. The molecule has 14 heavy (non-hydrogen) atoms. The van der Waals surface area contributed by atoms with Crippen LogP contribution in [-0.4, -0.2) is 0 Å². The minimum absolute atomic E-state index is 0. The summed E-state index contributed by atoms with van der Waals surface area (Å²) in [5.74, 6) is 0. The van der Waals surface area contributed by atoms with Crippen molar-refractivity contribution >= 4 is 0 Å². The van der Waals surface area contributed by atoms with Crippen LogP contribution in [0.2, 0.25) is 0 Å². The van der Waals surface area contributed by atoms with Gasteiger partial charge in [-0.05, 0) is 0 Å². The molecule has 0 bridgehead atoms. The number of unbranched alkanes of at least 4 members (excludes halogenated alkanes) is 2. The average Bonchev–Trinajstić information content (AvgIpc) is 2.37. The predicted molar refractivity (Wildman–Crippen MR) is 49.3 cm³/mol. The van der Waals surface area contributed by atoms with Gasteiger partial charge in [0, 0.05) is 0 Å². The van der Waals surface area contributed by atoms with Gasteiger partial charge in [0.15, 0.2) is 0 Å². The molecule has 0 spiro atoms. The van der Waals surface area contributed by atoms with Gasteiger partial charge in [-0.2, -0.15) is 5.57 Å². The first-order valence-corrected chi connectivity index (χ1v) is 4.61. The Balaban J connectivity index is -0.000000403. The van der Waals surface area contributed by atoms with E-state index in [0.29, 0.717) is 0 Å². The van der Waals surface area contributed by atoms with Crippen LogP contribution in [0.5, 0.6) is 0 Å². The van der Waals surface area contributed by atoms with E-state index in [1.807, 2.05) is 0 Å². The van der Waals surface area contributed by atoms with Crippen LogP contribution in [0.3, 0.4) is 0 Å². The largest absolute Gasteiger partial charge is 3.00 e. The molecular weight excluding hydrogens is 294 g/mol. The molecule has 0 atom stereocenters. The van der Waals surface area contributed by atoms with Crippen molar-refractivity contribution in [3.63, 3.8) is 0 Å². The Bertz CT molecular complexity index is 186. The minimum atomic E-state index is 0. The molecule has 3 heteroatoms. The van der Waals surface area contributed by atoms with Crippen molar-refractivity contribution in [1.29, 1.82) is 0 Å². The molecule has 0 saturated carbocycles. The monoisotopic (exact) mass is 309 g/mol. The molecule has 0 unspecified atom stereocenters. The van der Waals surface area contributed by atoms with Crippen molar-refractivity contribution < 1.29 is 51.0 Å². The zero-order valence-electron chi connectivity index (χ0n) is 8.87. The number of hydrogen-bond donors (Lipinski definition) is 0. The van der Waals surface area contributed by atoms with Crippen LogP contribution < -0.4 is 24.8 Å². The predicted octanol–water partition coefficient (Wildman–Crippen LogP) is -2.35. The molecule has 0 amide bonds. The summed E-state index contributed by atoms with van der Waals surface area (Å²) in [7, 11) is 0. The summed E-state index contributed by atoms with van der Waals surface area (Å²) in [6.45, 7) is 4.40. The molecule has 0 nitrogen and oxygen atoms in total. The van der Waals surface area contributed by atoms with Crippen LogP contribution in [0.25, 0.3) is 0 Å². The van der Waals surface area contributed by atoms with Crippen LogP contribution >= 0.6 is 0 Å². The SMILES string of the molecule is CCCCCC1=CCC(C)=[C-]1.[Cl-].[Cl-].[Zr+3]. The number of rotatable bonds is 4. The van der Waals surface area contributed by atoms with Gasteiger partial charge < -0.3 is 24.8 Å². The first-order chi connectivity index (χ1) is 5.33. The van der Waals surface area contributed by atoms with E-state index in [1.165, 1.54) is 36.8 Å². The van der Waals surface area contributed by atoms with Crippen molar-refractivity contribution in [3.05, 3.63) is 23.3 Å². The summed E-state index contributed by atoms with van der Waals surface area (Å²) in [4.78, 5) is 0. The number of allylic oxidation sites excluding steroid dienone is 4. The summed E-state index contributed by atoms with van der Waals surface area (Å²) in [5.41, 5.74) is 2.84. The van der Waals surface area contributed by atoms with E-state index in [9.17, 15) is 0 Å². The molecule has 1 radical (unpaired) electrons. The van der Waals surface area contributed by atoms with E-state index in [0.717, 1.165) is 6.42 Å². The fourth-order valence-electron chi connectivity index (χ4n) is 1.38. The Labute approximate surface area is 120 Å². The maximum Gasteiger partial charge on any atom is 3.00 e. The van der Waals surface area contributed by atoms with Crippen LogP contribution in [-0.2, 0) is 26.2 Å². The van der Waals surface area contributed by atoms with Gasteiger partial charge in [-0.15, -0.1) is 0 Å². The zero-order chi connectivity index (χ0) is 8.10. The zero-order valence-corrected chi connectivity index (χ0v) is 12.8. The van der Waals surface area contributed by atoms with Gasteiger partial charge in [-0.1, -0.05) is 46.0 Å². The van der Waals surface area contributed by atoms with Crippen molar-refractivity contribution in [2.24, 2.45) is 0 Å². The quantitative estimate of drug-likeness (QED) is 0.403. The first-order valence-electron chi connectivity index (χ1n) is 4.61. The maximum atomic E-state index is 3.39. The van der Waals surface area contributed by atoms with Gasteiger partial charge in [0.05, 0.1) is 0 Å². The fraction of sp³-hybridized carbons (Fsp3) is 0.636. The normalized spacial score (nSPS) is 13.0. The molecule has 1 rings (SSSR count). The summed E-state index contributed by atoms with van der Waals surface area (Å²) in [6.07, 6.45) is 12.1. The Morgan fingerprint density at radius 1 is 1.29 bits per heavy atom. The molecule has 0 N–H and O–H groups in total. The molecule has 0 aliphatic heterocycles. The minimum Gasteiger partial charge on any atom is -1.00 e. The Kier molecular flexibility index (Phi) is 17.5. The van der Waals surface area contributed by atoms with Gasteiger partial charge in [-0.3, -0.25) is 0 Å². The van der Waals surface area contributed by atoms with Crippen LogP contribution in [0.1, 0.15) is 46.0 Å². The molecule has 1 aliphatic rings. The van der Waals surface area contributed by atoms with E-state index in [1.54, 1.807) is 0 Å². The molecule has 0 fully saturated rings. The summed E-state index contributed by atoms with van der Waals surface area (Å²) < 4.78 is 0. The second-order valence-electron chi connectivity index (χ2n) is 3.30. The molecule has 79 valence electrons. The van der Waals surface area contributed by atoms with E-state index >= 15 is 0 Å². The van der Waals surface area contributed by atoms with Crippen molar-refractivity contribution in [3.8, 4) is 0 Å². The molecule has 0 aromatic carbocycles. The van der Waals surface area contributed by atoms with E-state index in [-0.39, 0.29) is 51.0 Å². The molecular formula is C11H17Cl2Zr. The van der Waals surface area contributed by atoms with Crippen molar-refractivity contribution in [2.75, 3.05) is 0 Å². The van der Waals surface area contributed by atoms with E-state index in [4.69, 9.17) is 0 Å². The molecule has 0 heterocycles. The van der Waals surface area contributed by atoms with Gasteiger partial charge in [0.25, 0.3) is 0 Å². The van der Waals surface area contributed by atoms with Gasteiger partial charge in [0.2, 0.25) is 0 Å². The third-order valence-corrected chi connectivity index (χ3v) is 2.08. The summed E-state index contributed by atoms with van der Waals surface area (Å²) in [5, 5.41) is 0. The molecule has 1 aliphatic carbocycles. The van der Waals surface area contributed by atoms with Crippen molar-refractivity contribution in [2.45, 2.75) is 46.0 Å². The molecule has 0 aromatic heterocycles. The summed E-state index contributed by atoms with van der Waals surface area (Å²) in [6, 6.07) is 0. The van der Waals surface area contributed by atoms with E-state index in [2.05, 4.69) is 26.0 Å². The van der Waals surface area contributed by atoms with Gasteiger partial charge >= 0.3 is 26.2 Å². The number of hydrogen-bond acceptors (Lipinski definition) is 0. The second-order valence-corrected chi connectivity index (χ2v) is 3.30. The van der Waals surface area contributed by atoms with Crippen LogP contribution in [0, 0.1) is 6.08 Å². The van der Waals surface area contributed by atoms with Crippen LogP contribution in [0.15, 0.2) is 17.2 Å². The first kappa shape index (κ1) is 20.4. The molecule has 0 aromatic rings. The van der Waals surface area contributed by atoms with Gasteiger partial charge in [0.1, 0.15) is 0 Å². The standard InChI is InChI=1S/C11H17.2ClH.Zr/c1-3-4-5-6-11-8-7-10(2)9-11;;;/h8H,3-7H2,1-2H3;2*1H;/q-1;;;+3/p-2. The third kappa shape index (κ3) is 8.27.